The SMILES string of the molecule is CC(=O)Nc1ccc(N(C)S(=O)(=O)c2ccc(F)cc2C)cc1. The molecule has 0 aromatic heterocycles. The van der Waals surface area contributed by atoms with Crippen LogP contribution in [0.3, 0.4) is 0 Å². The molecule has 0 aliphatic rings. The molecule has 0 aliphatic heterocycles. The third kappa shape index (κ3) is 3.68. The van der Waals surface area contributed by atoms with Crippen molar-refractivity contribution >= 4 is 27.3 Å². The minimum atomic E-state index is -3.80. The lowest BCUT2D eigenvalue weighted by Crippen LogP contribution is -2.27. The van der Waals surface area contributed by atoms with Gasteiger partial charge in [-0.25, -0.2) is 12.8 Å². The Kier molecular flexibility index (Phi) is 4.70. The second-order valence-corrected chi connectivity index (χ2v) is 7.05. The Labute approximate surface area is 134 Å². The molecule has 5 nitrogen and oxygen atoms in total. The predicted octanol–water partition coefficient (Wildman–Crippen LogP) is 2.92. The molecule has 0 spiro atoms. The molecule has 23 heavy (non-hydrogen) atoms. The van der Waals surface area contributed by atoms with Gasteiger partial charge >= 0.3 is 0 Å². The highest BCUT2D eigenvalue weighted by Gasteiger charge is 2.23. The van der Waals surface area contributed by atoms with Gasteiger partial charge in [0.2, 0.25) is 5.91 Å². The summed E-state index contributed by atoms with van der Waals surface area (Å²) in [5, 5.41) is 2.61. The fourth-order valence-electron chi connectivity index (χ4n) is 2.15. The van der Waals surface area contributed by atoms with Crippen molar-refractivity contribution in [2.75, 3.05) is 16.7 Å². The van der Waals surface area contributed by atoms with Crippen LogP contribution in [-0.2, 0) is 14.8 Å². The lowest BCUT2D eigenvalue weighted by molar-refractivity contribution is -0.114. The molecule has 0 saturated carbocycles. The van der Waals surface area contributed by atoms with Gasteiger partial charge in [0.1, 0.15) is 5.82 Å². The van der Waals surface area contributed by atoms with Gasteiger partial charge in [-0.1, -0.05) is 0 Å². The molecule has 2 aromatic carbocycles. The van der Waals surface area contributed by atoms with E-state index in [0.29, 0.717) is 16.9 Å². The quantitative estimate of drug-likeness (QED) is 0.933. The van der Waals surface area contributed by atoms with Crippen molar-refractivity contribution in [2.45, 2.75) is 18.7 Å². The zero-order chi connectivity index (χ0) is 17.2. The first-order chi connectivity index (χ1) is 10.7. The van der Waals surface area contributed by atoms with Crippen LogP contribution in [0.4, 0.5) is 15.8 Å². The van der Waals surface area contributed by atoms with E-state index in [4.69, 9.17) is 0 Å². The van der Waals surface area contributed by atoms with Crippen molar-refractivity contribution in [1.82, 2.24) is 0 Å². The van der Waals surface area contributed by atoms with Crippen LogP contribution in [0.25, 0.3) is 0 Å². The van der Waals surface area contributed by atoms with Crippen molar-refractivity contribution in [3.63, 3.8) is 0 Å². The standard InChI is InChI=1S/C16H17FN2O3S/c1-11-10-13(17)4-9-16(11)23(21,22)19(3)15-7-5-14(6-8-15)18-12(2)20/h4-10H,1-3H3,(H,18,20). The van der Waals surface area contributed by atoms with Gasteiger partial charge in [-0.2, -0.15) is 0 Å². The summed E-state index contributed by atoms with van der Waals surface area (Å²) in [5.41, 5.74) is 1.35. The normalized spacial score (nSPS) is 11.1. The molecular weight excluding hydrogens is 319 g/mol. The van der Waals surface area contributed by atoms with Crippen LogP contribution in [0.15, 0.2) is 47.4 Å². The van der Waals surface area contributed by atoms with Crippen LogP contribution >= 0.6 is 0 Å². The number of hydrogen-bond acceptors (Lipinski definition) is 3. The number of nitrogens with zero attached hydrogens (tertiary/aromatic N) is 1. The van der Waals surface area contributed by atoms with E-state index in [-0.39, 0.29) is 10.8 Å². The average molecular weight is 336 g/mol. The Morgan fingerprint density at radius 3 is 2.26 bits per heavy atom. The number of carbonyl (C=O) groups is 1. The molecule has 1 amide bonds. The van der Waals surface area contributed by atoms with Gasteiger partial charge in [0.15, 0.2) is 0 Å². The molecule has 2 rings (SSSR count). The smallest absolute Gasteiger partial charge is 0.264 e. The minimum absolute atomic E-state index is 0.0485. The molecule has 0 radical (unpaired) electrons. The lowest BCUT2D eigenvalue weighted by Gasteiger charge is -2.21. The number of aryl methyl sites for hydroxylation is 1. The number of benzene rings is 2. The van der Waals surface area contributed by atoms with E-state index in [1.165, 1.54) is 26.1 Å². The minimum Gasteiger partial charge on any atom is -0.326 e. The van der Waals surface area contributed by atoms with Crippen molar-refractivity contribution in [3.05, 3.63) is 53.8 Å². The summed E-state index contributed by atoms with van der Waals surface area (Å²) >= 11 is 0. The molecule has 0 bridgehead atoms. The Bertz CT molecular complexity index is 833. The highest BCUT2D eigenvalue weighted by molar-refractivity contribution is 7.92. The molecule has 1 N–H and O–H groups in total. The average Bonchev–Trinajstić information content (AvgIpc) is 2.46. The number of halogens is 1. The van der Waals surface area contributed by atoms with E-state index in [1.54, 1.807) is 31.2 Å². The number of hydrogen-bond donors (Lipinski definition) is 1. The maximum Gasteiger partial charge on any atom is 0.264 e. The number of carbonyl (C=O) groups excluding carboxylic acids is 1. The first-order valence-corrected chi connectivity index (χ1v) is 8.28. The van der Waals surface area contributed by atoms with Crippen LogP contribution in [0.5, 0.6) is 0 Å². The van der Waals surface area contributed by atoms with E-state index in [2.05, 4.69) is 5.32 Å². The highest BCUT2D eigenvalue weighted by atomic mass is 32.2. The summed E-state index contributed by atoms with van der Waals surface area (Å²) in [4.78, 5) is 11.0. The van der Waals surface area contributed by atoms with Crippen LogP contribution in [0.1, 0.15) is 12.5 Å². The third-order valence-electron chi connectivity index (χ3n) is 3.33. The fraction of sp³-hybridized carbons (Fsp3) is 0.188. The van der Waals surface area contributed by atoms with E-state index >= 15 is 0 Å². The van der Waals surface area contributed by atoms with Gasteiger partial charge in [-0.3, -0.25) is 9.10 Å². The summed E-state index contributed by atoms with van der Waals surface area (Å²) in [6.07, 6.45) is 0. The van der Waals surface area contributed by atoms with Gasteiger partial charge in [-0.05, 0) is 55.0 Å². The molecular formula is C16H17FN2O3S. The maximum absolute atomic E-state index is 13.2. The van der Waals surface area contributed by atoms with Crippen molar-refractivity contribution in [1.29, 1.82) is 0 Å². The van der Waals surface area contributed by atoms with E-state index in [1.807, 2.05) is 0 Å². The molecule has 0 fully saturated rings. The first-order valence-electron chi connectivity index (χ1n) is 6.84. The van der Waals surface area contributed by atoms with E-state index in [9.17, 15) is 17.6 Å². The molecule has 0 unspecified atom stereocenters. The van der Waals surface area contributed by atoms with Gasteiger partial charge in [-0.15, -0.1) is 0 Å². The van der Waals surface area contributed by atoms with Crippen LogP contribution in [0.2, 0.25) is 0 Å². The zero-order valence-electron chi connectivity index (χ0n) is 13.0. The van der Waals surface area contributed by atoms with Crippen LogP contribution in [-0.4, -0.2) is 21.4 Å². The largest absolute Gasteiger partial charge is 0.326 e. The summed E-state index contributed by atoms with van der Waals surface area (Å²) in [6, 6.07) is 9.94. The van der Waals surface area contributed by atoms with Gasteiger partial charge in [0.25, 0.3) is 10.0 Å². The maximum atomic E-state index is 13.2. The van der Waals surface area contributed by atoms with E-state index in [0.717, 1.165) is 10.4 Å². The number of anilines is 2. The van der Waals surface area contributed by atoms with Gasteiger partial charge in [0.05, 0.1) is 10.6 Å². The molecule has 0 heterocycles. The number of sulfonamides is 1. The second kappa shape index (κ2) is 6.37. The van der Waals surface area contributed by atoms with Gasteiger partial charge in [0, 0.05) is 19.7 Å². The summed E-state index contributed by atoms with van der Waals surface area (Å²) < 4.78 is 39.6. The van der Waals surface area contributed by atoms with Gasteiger partial charge < -0.3 is 5.32 Å². The predicted molar refractivity (Wildman–Crippen MR) is 87.5 cm³/mol. The number of nitrogens with one attached hydrogen (secondary N) is 1. The summed E-state index contributed by atoms with van der Waals surface area (Å²) in [6.45, 7) is 2.94. The monoisotopic (exact) mass is 336 g/mol. The summed E-state index contributed by atoms with van der Waals surface area (Å²) in [7, 11) is -2.37. The Balaban J connectivity index is 2.34. The van der Waals surface area contributed by atoms with Crippen LogP contribution < -0.4 is 9.62 Å². The number of rotatable bonds is 4. The fourth-order valence-corrected chi connectivity index (χ4v) is 3.55. The zero-order valence-corrected chi connectivity index (χ0v) is 13.8. The molecule has 0 atom stereocenters. The molecule has 7 heteroatoms. The van der Waals surface area contributed by atoms with Crippen molar-refractivity contribution < 1.29 is 17.6 Å². The Morgan fingerprint density at radius 1 is 1.13 bits per heavy atom. The third-order valence-corrected chi connectivity index (χ3v) is 5.27. The van der Waals surface area contributed by atoms with Crippen LogP contribution in [0, 0.1) is 12.7 Å². The van der Waals surface area contributed by atoms with E-state index < -0.39 is 15.8 Å². The topological polar surface area (TPSA) is 66.5 Å². The lowest BCUT2D eigenvalue weighted by atomic mass is 10.2. The first kappa shape index (κ1) is 17.0. The number of amides is 1. The van der Waals surface area contributed by atoms with Crippen molar-refractivity contribution in [3.8, 4) is 0 Å². The second-order valence-electron chi connectivity index (χ2n) is 5.11. The Hall–Kier alpha value is -2.41. The Morgan fingerprint density at radius 2 is 1.74 bits per heavy atom. The summed E-state index contributed by atoms with van der Waals surface area (Å²) in [5.74, 6) is -0.690. The molecule has 0 aliphatic carbocycles. The molecule has 122 valence electrons. The molecule has 2 aromatic rings. The molecule has 0 saturated heterocycles. The van der Waals surface area contributed by atoms with Crippen molar-refractivity contribution in [2.24, 2.45) is 0 Å². The highest BCUT2D eigenvalue weighted by Crippen LogP contribution is 2.25.